The molecule has 0 radical (unpaired) electrons. The minimum atomic E-state index is 0.478. The van der Waals surface area contributed by atoms with Gasteiger partial charge >= 0.3 is 0 Å². The third kappa shape index (κ3) is 5.58. The molecule has 0 aliphatic carbocycles. The Morgan fingerprint density at radius 1 is 1.00 bits per heavy atom. The van der Waals surface area contributed by atoms with Crippen molar-refractivity contribution in [2.75, 3.05) is 35.8 Å². The summed E-state index contributed by atoms with van der Waals surface area (Å²) in [5.74, 6) is 1.70. The molecule has 3 heterocycles. The molecule has 2 N–H and O–H groups in total. The van der Waals surface area contributed by atoms with Crippen molar-refractivity contribution in [1.82, 2.24) is 25.1 Å². The van der Waals surface area contributed by atoms with Crippen molar-refractivity contribution in [3.8, 4) is 22.9 Å². The number of nitrogens with zero attached hydrogens (tertiary/aromatic N) is 5. The molecule has 1 aliphatic heterocycles. The molecule has 9 heteroatoms. The first-order valence-electron chi connectivity index (χ1n) is 11.7. The summed E-state index contributed by atoms with van der Waals surface area (Å²) in [5.41, 5.74) is 5.41. The van der Waals surface area contributed by atoms with Gasteiger partial charge in [0, 0.05) is 56.7 Å². The molecule has 5 rings (SSSR count). The Bertz CT molecular complexity index is 1280. The third-order valence-corrected chi connectivity index (χ3v) is 6.65. The Labute approximate surface area is 209 Å². The maximum atomic E-state index is 6.21. The topological polar surface area (TPSA) is 80.1 Å². The number of hydrogen-bond donors (Lipinski definition) is 2. The highest BCUT2D eigenvalue weighted by Crippen LogP contribution is 2.32. The van der Waals surface area contributed by atoms with Gasteiger partial charge in [0.25, 0.3) is 0 Å². The van der Waals surface area contributed by atoms with Crippen LogP contribution in [-0.4, -0.2) is 45.9 Å². The average molecular weight is 488 g/mol. The molecule has 35 heavy (non-hydrogen) atoms. The fraction of sp³-hybridized carbons (Fsp3) is 0.269. The van der Waals surface area contributed by atoms with E-state index in [0.29, 0.717) is 11.8 Å². The smallest absolute Gasteiger partial charge is 0.237 e. The van der Waals surface area contributed by atoms with E-state index in [4.69, 9.17) is 9.72 Å². The van der Waals surface area contributed by atoms with Crippen LogP contribution in [0, 0.1) is 13.8 Å². The summed E-state index contributed by atoms with van der Waals surface area (Å²) in [7, 11) is 1.89. The Morgan fingerprint density at radius 2 is 1.74 bits per heavy atom. The highest BCUT2D eigenvalue weighted by Gasteiger charge is 2.14. The second kappa shape index (κ2) is 10.4. The van der Waals surface area contributed by atoms with Gasteiger partial charge in [0.2, 0.25) is 11.8 Å². The predicted molar refractivity (Wildman–Crippen MR) is 141 cm³/mol. The second-order valence-corrected chi connectivity index (χ2v) is 9.45. The van der Waals surface area contributed by atoms with E-state index in [1.807, 2.05) is 31.4 Å². The van der Waals surface area contributed by atoms with Crippen LogP contribution in [0.2, 0.25) is 0 Å². The Kier molecular flexibility index (Phi) is 6.87. The van der Waals surface area contributed by atoms with Crippen LogP contribution >= 0.6 is 11.9 Å². The number of aryl methyl sites for hydroxylation is 3. The fourth-order valence-corrected chi connectivity index (χ4v) is 4.80. The number of ether oxygens (including phenoxy) is 1. The van der Waals surface area contributed by atoms with E-state index in [1.54, 1.807) is 10.9 Å². The number of aromatic nitrogens is 4. The molecule has 0 saturated carbocycles. The van der Waals surface area contributed by atoms with Crippen molar-refractivity contribution in [3.05, 3.63) is 72.1 Å². The SMILES string of the molecule is Cc1cccc(C)c1-c1cc(Oc2ccc(N3CCNCC3)cc2)nc(NSc2cnn(C)c2)n1. The van der Waals surface area contributed by atoms with E-state index in [1.165, 1.54) is 17.6 Å². The maximum absolute atomic E-state index is 6.21. The van der Waals surface area contributed by atoms with E-state index < -0.39 is 0 Å². The highest BCUT2D eigenvalue weighted by atomic mass is 32.2. The molecular formula is C26H29N7OS. The quantitative estimate of drug-likeness (QED) is 0.360. The predicted octanol–water partition coefficient (Wildman–Crippen LogP) is 4.82. The molecule has 2 aromatic heterocycles. The summed E-state index contributed by atoms with van der Waals surface area (Å²) in [6, 6.07) is 16.3. The summed E-state index contributed by atoms with van der Waals surface area (Å²) in [6.45, 7) is 8.22. The molecule has 0 spiro atoms. The van der Waals surface area contributed by atoms with Gasteiger partial charge in [-0.1, -0.05) is 18.2 Å². The molecular weight excluding hydrogens is 458 g/mol. The van der Waals surface area contributed by atoms with Crippen molar-refractivity contribution >= 4 is 23.6 Å². The zero-order chi connectivity index (χ0) is 24.2. The van der Waals surface area contributed by atoms with Crippen LogP contribution in [0.4, 0.5) is 11.6 Å². The van der Waals surface area contributed by atoms with Gasteiger partial charge in [0.1, 0.15) is 5.75 Å². The summed E-state index contributed by atoms with van der Waals surface area (Å²) >= 11 is 1.41. The van der Waals surface area contributed by atoms with Gasteiger partial charge in [-0.25, -0.2) is 4.98 Å². The van der Waals surface area contributed by atoms with Crippen molar-refractivity contribution < 1.29 is 4.74 Å². The summed E-state index contributed by atoms with van der Waals surface area (Å²) < 4.78 is 11.2. The summed E-state index contributed by atoms with van der Waals surface area (Å²) in [6.07, 6.45) is 3.73. The number of nitrogens with one attached hydrogen (secondary N) is 2. The van der Waals surface area contributed by atoms with Crippen molar-refractivity contribution in [1.29, 1.82) is 0 Å². The first-order chi connectivity index (χ1) is 17.0. The number of anilines is 2. The number of rotatable bonds is 7. The zero-order valence-electron chi connectivity index (χ0n) is 20.2. The van der Waals surface area contributed by atoms with Crippen LogP contribution in [-0.2, 0) is 7.05 Å². The molecule has 1 fully saturated rings. The molecule has 0 bridgehead atoms. The lowest BCUT2D eigenvalue weighted by Crippen LogP contribution is -2.43. The van der Waals surface area contributed by atoms with Crippen molar-refractivity contribution in [2.45, 2.75) is 18.7 Å². The Hall–Kier alpha value is -3.56. The van der Waals surface area contributed by atoms with Crippen LogP contribution in [0.1, 0.15) is 11.1 Å². The minimum absolute atomic E-state index is 0.478. The third-order valence-electron chi connectivity index (χ3n) is 5.92. The van der Waals surface area contributed by atoms with Gasteiger partial charge in [-0.3, -0.25) is 9.40 Å². The van der Waals surface area contributed by atoms with Crippen LogP contribution in [0.5, 0.6) is 11.6 Å². The zero-order valence-corrected chi connectivity index (χ0v) is 21.0. The molecule has 0 unspecified atom stereocenters. The van der Waals surface area contributed by atoms with Crippen LogP contribution in [0.25, 0.3) is 11.3 Å². The monoisotopic (exact) mass is 487 g/mol. The van der Waals surface area contributed by atoms with Gasteiger partial charge in [0.15, 0.2) is 0 Å². The van der Waals surface area contributed by atoms with Gasteiger partial charge in [0.05, 0.1) is 16.8 Å². The largest absolute Gasteiger partial charge is 0.439 e. The highest BCUT2D eigenvalue weighted by molar-refractivity contribution is 8.00. The lowest BCUT2D eigenvalue weighted by atomic mass is 10.00. The molecule has 0 amide bonds. The summed E-state index contributed by atoms with van der Waals surface area (Å²) in [5, 5.41) is 7.60. The van der Waals surface area contributed by atoms with E-state index in [-0.39, 0.29) is 0 Å². The first-order valence-corrected chi connectivity index (χ1v) is 12.5. The minimum Gasteiger partial charge on any atom is -0.439 e. The second-order valence-electron chi connectivity index (χ2n) is 8.57. The molecule has 180 valence electrons. The van der Waals surface area contributed by atoms with Gasteiger partial charge in [-0.05, 0) is 61.2 Å². The lowest BCUT2D eigenvalue weighted by molar-refractivity contribution is 0.463. The average Bonchev–Trinajstić information content (AvgIpc) is 3.29. The molecule has 4 aromatic rings. The van der Waals surface area contributed by atoms with E-state index in [2.05, 4.69) is 69.2 Å². The molecule has 0 atom stereocenters. The fourth-order valence-electron chi connectivity index (χ4n) is 4.19. The van der Waals surface area contributed by atoms with Gasteiger partial charge < -0.3 is 15.0 Å². The van der Waals surface area contributed by atoms with E-state index in [9.17, 15) is 0 Å². The number of piperazine rings is 1. The Balaban J connectivity index is 1.42. The molecule has 2 aromatic carbocycles. The van der Waals surface area contributed by atoms with E-state index >= 15 is 0 Å². The van der Waals surface area contributed by atoms with E-state index in [0.717, 1.165) is 59.2 Å². The van der Waals surface area contributed by atoms with Crippen LogP contribution in [0.3, 0.4) is 0 Å². The molecule has 1 aliphatic rings. The normalized spacial score (nSPS) is 13.6. The van der Waals surface area contributed by atoms with Gasteiger partial charge in [-0.2, -0.15) is 10.1 Å². The van der Waals surface area contributed by atoms with Crippen molar-refractivity contribution in [2.24, 2.45) is 7.05 Å². The standard InChI is InChI=1S/C26H29N7OS/c1-18-5-4-6-19(2)25(18)23-15-24(30-26(29-23)31-35-22-16-28-32(3)17-22)34-21-9-7-20(8-10-21)33-13-11-27-12-14-33/h4-10,15-17,27H,11-14H2,1-3H3,(H,29,30,31). The van der Waals surface area contributed by atoms with Crippen molar-refractivity contribution in [3.63, 3.8) is 0 Å². The van der Waals surface area contributed by atoms with Crippen LogP contribution in [0.15, 0.2) is 65.8 Å². The Morgan fingerprint density at radius 3 is 2.43 bits per heavy atom. The molecule has 8 nitrogen and oxygen atoms in total. The van der Waals surface area contributed by atoms with Crippen LogP contribution < -0.4 is 19.7 Å². The lowest BCUT2D eigenvalue weighted by Gasteiger charge is -2.29. The number of hydrogen-bond acceptors (Lipinski definition) is 8. The first kappa shape index (κ1) is 23.2. The molecule has 1 saturated heterocycles. The number of benzene rings is 2. The van der Waals surface area contributed by atoms with Gasteiger partial charge in [-0.15, -0.1) is 0 Å². The summed E-state index contributed by atoms with van der Waals surface area (Å²) in [4.78, 5) is 12.8. The maximum Gasteiger partial charge on any atom is 0.237 e.